The summed E-state index contributed by atoms with van der Waals surface area (Å²) in [4.78, 5) is 0. The number of hydrogen-bond acceptors (Lipinski definition) is 1. The Kier molecular flexibility index (Phi) is 2.51. The van der Waals surface area contributed by atoms with E-state index in [4.69, 9.17) is 11.6 Å². The van der Waals surface area contributed by atoms with Crippen LogP contribution < -0.4 is 5.32 Å². The molecule has 0 unspecified atom stereocenters. The molecule has 0 aliphatic heterocycles. The Morgan fingerprint density at radius 3 is 2.92 bits per heavy atom. The molecule has 0 bridgehead atoms. The summed E-state index contributed by atoms with van der Waals surface area (Å²) in [5, 5.41) is 3.45. The molecule has 2 rings (SSSR count). The first-order valence-corrected chi connectivity index (χ1v) is 4.81. The minimum Gasteiger partial charge on any atom is -0.310 e. The number of nitrogens with one attached hydrogen (secondary N) is 1. The maximum atomic E-state index is 13.3. The second kappa shape index (κ2) is 3.64. The molecule has 1 aliphatic rings. The van der Waals surface area contributed by atoms with Crippen LogP contribution in [0.15, 0.2) is 18.2 Å². The van der Waals surface area contributed by atoms with Gasteiger partial charge >= 0.3 is 0 Å². The summed E-state index contributed by atoms with van der Waals surface area (Å²) in [5.74, 6) is -0.294. The highest BCUT2D eigenvalue weighted by molar-refractivity contribution is 6.30. The highest BCUT2D eigenvalue weighted by atomic mass is 35.5. The summed E-state index contributed by atoms with van der Waals surface area (Å²) in [7, 11) is 0. The summed E-state index contributed by atoms with van der Waals surface area (Å²) in [6.45, 7) is 0.580. The van der Waals surface area contributed by atoms with E-state index >= 15 is 0 Å². The summed E-state index contributed by atoms with van der Waals surface area (Å²) in [5.41, 5.74) is 0.652. The molecule has 0 saturated heterocycles. The lowest BCUT2D eigenvalue weighted by atomic mass is 10.2. The van der Waals surface area contributed by atoms with Crippen molar-refractivity contribution in [2.75, 3.05) is 0 Å². The van der Waals surface area contributed by atoms with Crippen molar-refractivity contribution in [3.8, 4) is 0 Å². The Morgan fingerprint density at radius 1 is 1.46 bits per heavy atom. The Morgan fingerprint density at radius 2 is 2.23 bits per heavy atom. The summed E-state index contributed by atoms with van der Waals surface area (Å²) >= 11 is 5.64. The molecule has 1 saturated carbocycles. The molecular weight excluding hydrogens is 189 g/mol. The molecule has 70 valence electrons. The SMILES string of the molecule is Fc1c(Cl)cccc1CNC1CC1. The lowest BCUT2D eigenvalue weighted by Gasteiger charge is -2.04. The van der Waals surface area contributed by atoms with Gasteiger partial charge < -0.3 is 5.32 Å². The van der Waals surface area contributed by atoms with Crippen molar-refractivity contribution >= 4 is 11.6 Å². The molecule has 1 aromatic rings. The largest absolute Gasteiger partial charge is 0.310 e. The van der Waals surface area contributed by atoms with Gasteiger partial charge in [-0.2, -0.15) is 0 Å². The van der Waals surface area contributed by atoms with Crippen LogP contribution in [0.1, 0.15) is 18.4 Å². The zero-order chi connectivity index (χ0) is 9.26. The van der Waals surface area contributed by atoms with Crippen LogP contribution in [0, 0.1) is 5.82 Å². The molecule has 3 heteroatoms. The molecular formula is C10H11ClFN. The number of hydrogen-bond donors (Lipinski definition) is 1. The summed E-state index contributed by atoms with van der Waals surface area (Å²) in [6.07, 6.45) is 2.42. The smallest absolute Gasteiger partial charge is 0.146 e. The fraction of sp³-hybridized carbons (Fsp3) is 0.400. The van der Waals surface area contributed by atoms with E-state index in [-0.39, 0.29) is 10.8 Å². The van der Waals surface area contributed by atoms with Gasteiger partial charge in [-0.15, -0.1) is 0 Å². The van der Waals surface area contributed by atoms with E-state index < -0.39 is 0 Å². The topological polar surface area (TPSA) is 12.0 Å². The summed E-state index contributed by atoms with van der Waals surface area (Å²) in [6, 6.07) is 5.70. The maximum Gasteiger partial charge on any atom is 0.146 e. The lowest BCUT2D eigenvalue weighted by Crippen LogP contribution is -2.16. The average molecular weight is 200 g/mol. The fourth-order valence-corrected chi connectivity index (χ4v) is 1.42. The third-order valence-electron chi connectivity index (χ3n) is 2.19. The molecule has 1 N–H and O–H groups in total. The van der Waals surface area contributed by atoms with Crippen LogP contribution in [0.5, 0.6) is 0 Å². The molecule has 0 heterocycles. The third kappa shape index (κ3) is 2.20. The van der Waals surface area contributed by atoms with Crippen molar-refractivity contribution in [3.63, 3.8) is 0 Å². The Labute approximate surface area is 81.9 Å². The lowest BCUT2D eigenvalue weighted by molar-refractivity contribution is 0.587. The van der Waals surface area contributed by atoms with Gasteiger partial charge in [0, 0.05) is 18.2 Å². The van der Waals surface area contributed by atoms with Crippen LogP contribution in [0.3, 0.4) is 0 Å². The van der Waals surface area contributed by atoms with Crippen molar-refractivity contribution in [3.05, 3.63) is 34.6 Å². The first-order chi connectivity index (χ1) is 6.27. The number of rotatable bonds is 3. The van der Waals surface area contributed by atoms with Gasteiger partial charge in [0.25, 0.3) is 0 Å². The van der Waals surface area contributed by atoms with Gasteiger partial charge in [0.05, 0.1) is 5.02 Å². The van der Waals surface area contributed by atoms with Crippen LogP contribution >= 0.6 is 11.6 Å². The average Bonchev–Trinajstić information content (AvgIpc) is 2.91. The van der Waals surface area contributed by atoms with E-state index in [1.165, 1.54) is 12.8 Å². The highest BCUT2D eigenvalue weighted by Gasteiger charge is 2.20. The zero-order valence-electron chi connectivity index (χ0n) is 7.19. The van der Waals surface area contributed by atoms with E-state index in [0.717, 1.165) is 0 Å². The molecule has 0 amide bonds. The van der Waals surface area contributed by atoms with Crippen LogP contribution in [0.25, 0.3) is 0 Å². The van der Waals surface area contributed by atoms with Gasteiger partial charge in [0.15, 0.2) is 0 Å². The van der Waals surface area contributed by atoms with Gasteiger partial charge in [-0.3, -0.25) is 0 Å². The Balaban J connectivity index is 2.05. The minimum absolute atomic E-state index is 0.204. The predicted octanol–water partition coefficient (Wildman–Crippen LogP) is 2.73. The van der Waals surface area contributed by atoms with E-state index in [9.17, 15) is 4.39 Å². The number of benzene rings is 1. The van der Waals surface area contributed by atoms with E-state index in [1.807, 2.05) is 0 Å². The summed E-state index contributed by atoms with van der Waals surface area (Å²) < 4.78 is 13.3. The van der Waals surface area contributed by atoms with Crippen molar-refractivity contribution < 1.29 is 4.39 Å². The van der Waals surface area contributed by atoms with Gasteiger partial charge in [0.2, 0.25) is 0 Å². The molecule has 0 spiro atoms. The van der Waals surface area contributed by atoms with Crippen LogP contribution in [0.2, 0.25) is 5.02 Å². The molecule has 1 aliphatic carbocycles. The maximum absolute atomic E-state index is 13.3. The Bertz CT molecular complexity index is 310. The van der Waals surface area contributed by atoms with Crippen LogP contribution in [-0.4, -0.2) is 6.04 Å². The van der Waals surface area contributed by atoms with E-state index in [2.05, 4.69) is 5.32 Å². The molecule has 0 atom stereocenters. The van der Waals surface area contributed by atoms with Gasteiger partial charge in [-0.05, 0) is 18.9 Å². The quantitative estimate of drug-likeness (QED) is 0.790. The van der Waals surface area contributed by atoms with Crippen molar-refractivity contribution in [2.45, 2.75) is 25.4 Å². The molecule has 1 fully saturated rings. The second-order valence-corrected chi connectivity index (χ2v) is 3.78. The van der Waals surface area contributed by atoms with Crippen molar-refractivity contribution in [1.82, 2.24) is 5.32 Å². The van der Waals surface area contributed by atoms with E-state index in [0.29, 0.717) is 18.2 Å². The predicted molar refractivity (Wildman–Crippen MR) is 51.3 cm³/mol. The first-order valence-electron chi connectivity index (χ1n) is 4.43. The van der Waals surface area contributed by atoms with E-state index in [1.54, 1.807) is 18.2 Å². The van der Waals surface area contributed by atoms with Gasteiger partial charge in [-0.1, -0.05) is 23.7 Å². The highest BCUT2D eigenvalue weighted by Crippen LogP contribution is 2.21. The Hall–Kier alpha value is -0.600. The first kappa shape index (κ1) is 8.97. The van der Waals surface area contributed by atoms with Crippen LogP contribution in [-0.2, 0) is 6.54 Å². The standard InChI is InChI=1S/C10H11ClFN/c11-9-3-1-2-7(10(9)12)6-13-8-4-5-8/h1-3,8,13H,4-6H2. The second-order valence-electron chi connectivity index (χ2n) is 3.37. The fourth-order valence-electron chi connectivity index (χ4n) is 1.23. The van der Waals surface area contributed by atoms with Crippen molar-refractivity contribution in [1.29, 1.82) is 0 Å². The molecule has 1 aromatic carbocycles. The normalized spacial score (nSPS) is 16.2. The third-order valence-corrected chi connectivity index (χ3v) is 2.48. The van der Waals surface area contributed by atoms with Gasteiger partial charge in [-0.25, -0.2) is 4.39 Å². The van der Waals surface area contributed by atoms with Crippen LogP contribution in [0.4, 0.5) is 4.39 Å². The zero-order valence-corrected chi connectivity index (χ0v) is 7.94. The molecule has 0 radical (unpaired) electrons. The van der Waals surface area contributed by atoms with Gasteiger partial charge in [0.1, 0.15) is 5.82 Å². The molecule has 13 heavy (non-hydrogen) atoms. The monoisotopic (exact) mass is 199 g/mol. The molecule has 0 aromatic heterocycles. The molecule has 1 nitrogen and oxygen atoms in total. The number of halogens is 2. The minimum atomic E-state index is -0.294. The van der Waals surface area contributed by atoms with Crippen molar-refractivity contribution in [2.24, 2.45) is 0 Å².